The molecular weight excluding hydrogens is 258 g/mol. The lowest BCUT2D eigenvalue weighted by atomic mass is 10.2. The zero-order valence-corrected chi connectivity index (χ0v) is 9.35. The summed E-state index contributed by atoms with van der Waals surface area (Å²) in [6.45, 7) is -0.191. The molecule has 0 fully saturated rings. The number of carboxylic acids is 1. The van der Waals surface area contributed by atoms with Crippen LogP contribution in [0.2, 0.25) is 0 Å². The molecule has 1 aromatic heterocycles. The maximum Gasteiger partial charge on any atom is 0.335 e. The molecule has 2 aromatic rings. The van der Waals surface area contributed by atoms with Crippen LogP contribution in [0.25, 0.3) is 0 Å². The fourth-order valence-electron chi connectivity index (χ4n) is 1.31. The average Bonchev–Trinajstić information content (AvgIpc) is 2.88. The third-order valence-corrected chi connectivity index (χ3v) is 2.16. The number of rotatable bonds is 5. The van der Waals surface area contributed by atoms with Crippen LogP contribution < -0.4 is 4.74 Å². The van der Waals surface area contributed by atoms with Gasteiger partial charge in [-0.1, -0.05) is 5.16 Å². The van der Waals surface area contributed by atoms with Gasteiger partial charge in [0.2, 0.25) is 0 Å². The summed E-state index contributed by atoms with van der Waals surface area (Å²) in [6, 6.07) is 3.25. The van der Waals surface area contributed by atoms with E-state index >= 15 is 0 Å². The molecule has 0 aliphatic rings. The van der Waals surface area contributed by atoms with Crippen molar-refractivity contribution in [3.63, 3.8) is 0 Å². The standard InChI is InChI=1S/C10H7N3O6/c14-10(15)6-1-2-7(13(16)17)8(3-6)18-4-9-11-5-12-19-9/h1-3,5H,4H2,(H,14,15). The van der Waals surface area contributed by atoms with E-state index in [0.717, 1.165) is 24.5 Å². The number of carboxylic acid groups (broad SMARTS) is 1. The highest BCUT2D eigenvalue weighted by Gasteiger charge is 2.18. The summed E-state index contributed by atoms with van der Waals surface area (Å²) >= 11 is 0. The molecule has 9 nitrogen and oxygen atoms in total. The molecule has 0 spiro atoms. The van der Waals surface area contributed by atoms with Crippen molar-refractivity contribution in [3.05, 3.63) is 46.1 Å². The predicted octanol–water partition coefficient (Wildman–Crippen LogP) is 1.25. The van der Waals surface area contributed by atoms with Gasteiger partial charge < -0.3 is 14.4 Å². The Morgan fingerprint density at radius 1 is 1.53 bits per heavy atom. The van der Waals surface area contributed by atoms with Crippen molar-refractivity contribution in [2.45, 2.75) is 6.61 Å². The van der Waals surface area contributed by atoms with Crippen LogP contribution in [0.15, 0.2) is 29.0 Å². The smallest absolute Gasteiger partial charge is 0.335 e. The lowest BCUT2D eigenvalue weighted by Crippen LogP contribution is -2.02. The van der Waals surface area contributed by atoms with Crippen molar-refractivity contribution in [3.8, 4) is 5.75 Å². The second kappa shape index (κ2) is 5.12. The monoisotopic (exact) mass is 265 g/mol. The maximum atomic E-state index is 10.8. The molecule has 1 aromatic carbocycles. The summed E-state index contributed by atoms with van der Waals surface area (Å²) in [5.41, 5.74) is -0.462. The Kier molecular flexibility index (Phi) is 3.37. The molecule has 0 unspecified atom stereocenters. The second-order valence-electron chi connectivity index (χ2n) is 3.37. The van der Waals surface area contributed by atoms with E-state index in [1.165, 1.54) is 0 Å². The number of nitro benzene ring substituents is 1. The van der Waals surface area contributed by atoms with E-state index in [1.807, 2.05) is 0 Å². The number of ether oxygens (including phenoxy) is 1. The number of aromatic nitrogens is 2. The molecule has 0 aliphatic heterocycles. The molecule has 0 atom stereocenters. The quantitative estimate of drug-likeness (QED) is 0.631. The molecule has 1 N–H and O–H groups in total. The Hall–Kier alpha value is -2.97. The summed E-state index contributed by atoms with van der Waals surface area (Å²) < 4.78 is 9.79. The maximum absolute atomic E-state index is 10.8. The van der Waals surface area contributed by atoms with Crippen molar-refractivity contribution in [2.75, 3.05) is 0 Å². The largest absolute Gasteiger partial charge is 0.478 e. The Morgan fingerprint density at radius 3 is 2.89 bits per heavy atom. The van der Waals surface area contributed by atoms with Crippen LogP contribution in [0.1, 0.15) is 16.2 Å². The fourth-order valence-corrected chi connectivity index (χ4v) is 1.31. The van der Waals surface area contributed by atoms with Gasteiger partial charge in [0.25, 0.3) is 5.89 Å². The highest BCUT2D eigenvalue weighted by Crippen LogP contribution is 2.28. The van der Waals surface area contributed by atoms with Crippen LogP contribution in [-0.2, 0) is 6.61 Å². The van der Waals surface area contributed by atoms with E-state index in [2.05, 4.69) is 14.7 Å². The highest BCUT2D eigenvalue weighted by molar-refractivity contribution is 5.88. The third-order valence-electron chi connectivity index (χ3n) is 2.16. The highest BCUT2D eigenvalue weighted by atomic mass is 16.6. The third kappa shape index (κ3) is 2.83. The van der Waals surface area contributed by atoms with E-state index < -0.39 is 10.9 Å². The molecule has 1 heterocycles. The lowest BCUT2D eigenvalue weighted by molar-refractivity contribution is -0.386. The number of nitrogens with zero attached hydrogens (tertiary/aromatic N) is 3. The topological polar surface area (TPSA) is 129 Å². The number of hydrogen-bond donors (Lipinski definition) is 1. The zero-order valence-electron chi connectivity index (χ0n) is 9.35. The van der Waals surface area contributed by atoms with E-state index in [4.69, 9.17) is 9.84 Å². The van der Waals surface area contributed by atoms with Gasteiger partial charge in [0, 0.05) is 12.1 Å². The van der Waals surface area contributed by atoms with Gasteiger partial charge in [-0.25, -0.2) is 4.79 Å². The van der Waals surface area contributed by atoms with Crippen LogP contribution in [0.3, 0.4) is 0 Å². The molecule has 2 rings (SSSR count). The molecule has 9 heteroatoms. The molecule has 0 saturated heterocycles. The van der Waals surface area contributed by atoms with Crippen LogP contribution in [-0.4, -0.2) is 26.1 Å². The van der Waals surface area contributed by atoms with E-state index in [-0.39, 0.29) is 29.5 Å². The first-order valence-corrected chi connectivity index (χ1v) is 4.98. The van der Waals surface area contributed by atoms with Crippen molar-refractivity contribution in [1.29, 1.82) is 0 Å². The fraction of sp³-hybridized carbons (Fsp3) is 0.100. The van der Waals surface area contributed by atoms with Gasteiger partial charge in [-0.2, -0.15) is 4.98 Å². The summed E-state index contributed by atoms with van der Waals surface area (Å²) in [7, 11) is 0. The Morgan fingerprint density at radius 2 is 2.32 bits per heavy atom. The second-order valence-corrected chi connectivity index (χ2v) is 3.37. The molecule has 19 heavy (non-hydrogen) atoms. The van der Waals surface area contributed by atoms with E-state index in [1.54, 1.807) is 0 Å². The van der Waals surface area contributed by atoms with Crippen LogP contribution in [0, 0.1) is 10.1 Å². The zero-order chi connectivity index (χ0) is 13.8. The molecule has 0 bridgehead atoms. The molecule has 0 radical (unpaired) electrons. The SMILES string of the molecule is O=C(O)c1ccc([N+](=O)[O-])c(OCc2ncno2)c1. The minimum Gasteiger partial charge on any atom is -0.478 e. The first-order valence-electron chi connectivity index (χ1n) is 4.98. The molecule has 98 valence electrons. The van der Waals surface area contributed by atoms with Gasteiger partial charge >= 0.3 is 11.7 Å². The number of hydrogen-bond acceptors (Lipinski definition) is 7. The van der Waals surface area contributed by atoms with Crippen LogP contribution in [0.4, 0.5) is 5.69 Å². The number of benzene rings is 1. The normalized spacial score (nSPS) is 10.1. The van der Waals surface area contributed by atoms with Crippen LogP contribution in [0.5, 0.6) is 5.75 Å². The van der Waals surface area contributed by atoms with Gasteiger partial charge in [0.15, 0.2) is 18.7 Å². The van der Waals surface area contributed by atoms with Gasteiger partial charge in [-0.15, -0.1) is 0 Å². The van der Waals surface area contributed by atoms with Crippen LogP contribution >= 0.6 is 0 Å². The van der Waals surface area contributed by atoms with Gasteiger partial charge in [-0.3, -0.25) is 10.1 Å². The molecule has 0 amide bonds. The Balaban J connectivity index is 2.27. The summed E-state index contributed by atoms with van der Waals surface area (Å²) in [6.07, 6.45) is 1.15. The van der Waals surface area contributed by atoms with E-state index in [0.29, 0.717) is 0 Å². The summed E-state index contributed by atoms with van der Waals surface area (Å²) in [4.78, 5) is 24.6. The summed E-state index contributed by atoms with van der Waals surface area (Å²) in [5.74, 6) is -1.27. The number of nitro groups is 1. The predicted molar refractivity (Wildman–Crippen MR) is 58.7 cm³/mol. The van der Waals surface area contributed by atoms with Gasteiger partial charge in [0.05, 0.1) is 10.5 Å². The van der Waals surface area contributed by atoms with Gasteiger partial charge in [-0.05, 0) is 6.07 Å². The first kappa shape index (κ1) is 12.5. The van der Waals surface area contributed by atoms with Crippen molar-refractivity contribution < 1.29 is 24.1 Å². The molecular formula is C10H7N3O6. The Labute approximate surface area is 105 Å². The average molecular weight is 265 g/mol. The van der Waals surface area contributed by atoms with Crippen molar-refractivity contribution in [1.82, 2.24) is 10.1 Å². The van der Waals surface area contributed by atoms with E-state index in [9.17, 15) is 14.9 Å². The summed E-state index contributed by atoms with van der Waals surface area (Å²) in [5, 5.41) is 23.0. The van der Waals surface area contributed by atoms with Gasteiger partial charge in [0.1, 0.15) is 0 Å². The minimum atomic E-state index is -1.21. The van der Waals surface area contributed by atoms with Crippen molar-refractivity contribution >= 4 is 11.7 Å². The number of aromatic carboxylic acids is 1. The van der Waals surface area contributed by atoms with Crippen molar-refractivity contribution in [2.24, 2.45) is 0 Å². The first-order chi connectivity index (χ1) is 9.08. The molecule has 0 aliphatic carbocycles. The minimum absolute atomic E-state index is 0.119. The molecule has 0 saturated carbocycles. The number of carbonyl (C=O) groups is 1. The Bertz CT molecular complexity index is 610. The lowest BCUT2D eigenvalue weighted by Gasteiger charge is -2.05.